The van der Waals surface area contributed by atoms with Crippen LogP contribution in [0.4, 0.5) is 0 Å². The molecule has 0 unspecified atom stereocenters. The maximum atomic E-state index is 9.82. The maximum Gasteiger partial charge on any atom is 0.164 e. The molecule has 4 nitrogen and oxygen atoms in total. The van der Waals surface area contributed by atoms with Crippen LogP contribution in [0.15, 0.2) is 168 Å². The van der Waals surface area contributed by atoms with Crippen LogP contribution < -0.4 is 0 Å². The van der Waals surface area contributed by atoms with E-state index in [0.717, 1.165) is 22.1 Å². The van der Waals surface area contributed by atoms with Crippen LogP contribution in [0.1, 0.15) is 20.6 Å². The molecule has 3 heterocycles. The number of thiophene rings is 1. The van der Waals surface area contributed by atoms with Gasteiger partial charge in [-0.25, -0.2) is 15.0 Å². The Bertz CT molecular complexity index is 3710. The Hall–Kier alpha value is -6.43. The summed E-state index contributed by atoms with van der Waals surface area (Å²) < 4.78 is 140. The molecule has 0 fully saturated rings. The number of aromatic nitrogens is 3. The van der Waals surface area contributed by atoms with Gasteiger partial charge in [0.15, 0.2) is 17.5 Å². The van der Waals surface area contributed by atoms with Gasteiger partial charge in [0.1, 0.15) is 11.2 Å². The Labute approximate surface area is 313 Å². The third-order valence-corrected chi connectivity index (χ3v) is 9.18. The van der Waals surface area contributed by atoms with Crippen LogP contribution in [0.3, 0.4) is 0 Å². The van der Waals surface area contributed by atoms with E-state index in [2.05, 4.69) is 0 Å². The molecule has 234 valence electrons. The SMILES string of the molecule is [2H]c1c([2H])c([2H])c(-c2c([2H])c(-c3nc(-c4ccccc4)nc(-c4ccc5c(c4)oc4ccccc45)n3)c([2H])c(-c3c([2H])c([2H])c4c(sc5c([2H])c([2H])c([2H])c([2H])c54)c3[2H])c2[2H])c([2H])c1[2H]. The van der Waals surface area contributed by atoms with Crippen LogP contribution in [0.25, 0.3) is 98.5 Å². The van der Waals surface area contributed by atoms with Gasteiger partial charge in [-0.3, -0.25) is 0 Å². The van der Waals surface area contributed by atoms with Gasteiger partial charge in [-0.15, -0.1) is 11.3 Å². The van der Waals surface area contributed by atoms with Crippen molar-refractivity contribution in [2.24, 2.45) is 0 Å². The number of benzene rings is 7. The van der Waals surface area contributed by atoms with E-state index in [0.29, 0.717) is 22.3 Å². The lowest BCUT2D eigenvalue weighted by molar-refractivity contribution is 0.669. The molecule has 3 aromatic heterocycles. The minimum Gasteiger partial charge on any atom is -0.456 e. The van der Waals surface area contributed by atoms with E-state index in [1.54, 1.807) is 42.5 Å². The number of furan rings is 1. The van der Waals surface area contributed by atoms with Crippen molar-refractivity contribution in [3.05, 3.63) is 163 Å². The molecule has 0 radical (unpaired) electrons. The number of fused-ring (bicyclic) bond motifs is 6. The third kappa shape index (κ3) is 4.95. The standard InChI is InChI=1S/C45H27N3OS/c1-3-11-28(12-4-1)32-23-33(30-19-22-38-37-16-8-10-18-41(37)50-42(38)27-30)25-34(24-32)45-47-43(29-13-5-2-6-14-29)46-44(48-45)31-20-21-36-35-15-7-9-17-39(35)49-40(36)26-31/h1-27H/i1D,3D,4D,8D,10D,11D,12D,16D,18D,19D,22D,23D,24D,25D,27D. The highest BCUT2D eigenvalue weighted by Crippen LogP contribution is 2.39. The van der Waals surface area contributed by atoms with Gasteiger partial charge in [-0.2, -0.15) is 0 Å². The fourth-order valence-electron chi connectivity index (χ4n) is 5.83. The molecule has 0 bridgehead atoms. The molecular weight excluding hydrogens is 631 g/mol. The Morgan fingerprint density at radius 3 is 1.94 bits per heavy atom. The second-order valence-electron chi connectivity index (χ2n) is 11.2. The number of para-hydroxylation sites is 1. The van der Waals surface area contributed by atoms with E-state index in [1.165, 1.54) is 0 Å². The van der Waals surface area contributed by atoms with E-state index < -0.39 is 118 Å². The molecular formula is C45H27N3OS. The predicted molar refractivity (Wildman–Crippen MR) is 207 cm³/mol. The first-order chi connectivity index (χ1) is 31.0. The fourth-order valence-corrected chi connectivity index (χ4v) is 6.80. The Morgan fingerprint density at radius 2 is 1.08 bits per heavy atom. The van der Waals surface area contributed by atoms with Crippen molar-refractivity contribution in [1.29, 1.82) is 0 Å². The zero-order valence-corrected chi connectivity index (χ0v) is 26.4. The van der Waals surface area contributed by atoms with Crippen molar-refractivity contribution in [2.75, 3.05) is 0 Å². The Kier molecular flexibility index (Phi) is 4.02. The molecule has 0 N–H and O–H groups in total. The lowest BCUT2D eigenvalue weighted by Gasteiger charge is -2.12. The number of hydrogen-bond acceptors (Lipinski definition) is 5. The summed E-state index contributed by atoms with van der Waals surface area (Å²) in [6, 6.07) is 11.9. The van der Waals surface area contributed by atoms with Gasteiger partial charge in [-0.1, -0.05) is 115 Å². The minimum atomic E-state index is -0.769. The van der Waals surface area contributed by atoms with Crippen LogP contribution in [0.2, 0.25) is 0 Å². The van der Waals surface area contributed by atoms with Gasteiger partial charge < -0.3 is 4.42 Å². The van der Waals surface area contributed by atoms with Gasteiger partial charge in [0.05, 0.1) is 20.6 Å². The molecule has 10 rings (SSSR count). The molecule has 10 aromatic rings. The average Bonchev–Trinajstić information content (AvgIpc) is 3.90. The van der Waals surface area contributed by atoms with Crippen molar-refractivity contribution < 1.29 is 25.0 Å². The minimum absolute atomic E-state index is 0.0238. The molecule has 0 aliphatic rings. The summed E-state index contributed by atoms with van der Waals surface area (Å²) in [5, 5.41) is 1.53. The van der Waals surface area contributed by atoms with Crippen molar-refractivity contribution in [3.8, 4) is 56.4 Å². The summed E-state index contributed by atoms with van der Waals surface area (Å²) in [6.45, 7) is 0. The Balaban J connectivity index is 1.34. The molecule has 0 saturated carbocycles. The molecule has 7 aromatic carbocycles. The first-order valence-corrected chi connectivity index (χ1v) is 16.2. The molecule has 50 heavy (non-hydrogen) atoms. The number of nitrogens with zero attached hydrogens (tertiary/aromatic N) is 3. The molecule has 0 spiro atoms. The van der Waals surface area contributed by atoms with Crippen LogP contribution in [-0.2, 0) is 0 Å². The topological polar surface area (TPSA) is 51.8 Å². The number of hydrogen-bond donors (Lipinski definition) is 0. The molecule has 0 saturated heterocycles. The summed E-state index contributed by atoms with van der Waals surface area (Å²) in [6.07, 6.45) is 0. The molecule has 0 amide bonds. The number of rotatable bonds is 5. The normalized spacial score (nSPS) is 15.8. The maximum absolute atomic E-state index is 9.82. The summed E-state index contributed by atoms with van der Waals surface area (Å²) in [4.78, 5) is 14.3. The van der Waals surface area contributed by atoms with Gasteiger partial charge in [0.2, 0.25) is 0 Å². The average molecular weight is 673 g/mol. The molecule has 5 heteroatoms. The first-order valence-electron chi connectivity index (χ1n) is 22.9. The highest BCUT2D eigenvalue weighted by Gasteiger charge is 2.17. The largest absolute Gasteiger partial charge is 0.456 e. The Morgan fingerprint density at radius 1 is 0.420 bits per heavy atom. The highest BCUT2D eigenvalue weighted by atomic mass is 32.1. The quantitative estimate of drug-likeness (QED) is 0.183. The van der Waals surface area contributed by atoms with Crippen LogP contribution >= 0.6 is 11.3 Å². The fraction of sp³-hybridized carbons (Fsp3) is 0. The van der Waals surface area contributed by atoms with Crippen molar-refractivity contribution in [1.82, 2.24) is 15.0 Å². The van der Waals surface area contributed by atoms with E-state index in [1.807, 2.05) is 30.3 Å². The van der Waals surface area contributed by atoms with E-state index >= 15 is 0 Å². The second-order valence-corrected chi connectivity index (χ2v) is 12.3. The van der Waals surface area contributed by atoms with Crippen molar-refractivity contribution in [3.63, 3.8) is 0 Å². The second kappa shape index (κ2) is 11.6. The smallest absolute Gasteiger partial charge is 0.164 e. The highest BCUT2D eigenvalue weighted by molar-refractivity contribution is 7.25. The van der Waals surface area contributed by atoms with Gasteiger partial charge in [0.25, 0.3) is 0 Å². The van der Waals surface area contributed by atoms with Crippen LogP contribution in [0.5, 0.6) is 0 Å². The molecule has 0 atom stereocenters. The third-order valence-electron chi connectivity index (χ3n) is 8.16. The monoisotopic (exact) mass is 672 g/mol. The van der Waals surface area contributed by atoms with Gasteiger partial charge >= 0.3 is 0 Å². The van der Waals surface area contributed by atoms with E-state index in [4.69, 9.17) is 31.7 Å². The van der Waals surface area contributed by atoms with E-state index in [9.17, 15) is 8.22 Å². The lowest BCUT2D eigenvalue weighted by Crippen LogP contribution is -2.00. The van der Waals surface area contributed by atoms with Crippen molar-refractivity contribution >= 4 is 53.4 Å². The van der Waals surface area contributed by atoms with Crippen LogP contribution in [-0.4, -0.2) is 15.0 Å². The summed E-state index contributed by atoms with van der Waals surface area (Å²) in [5.41, 5.74) is -0.415. The molecule has 0 aliphatic carbocycles. The predicted octanol–water partition coefficient (Wildman–Crippen LogP) is 12.5. The van der Waals surface area contributed by atoms with Gasteiger partial charge in [0, 0.05) is 47.6 Å². The summed E-state index contributed by atoms with van der Waals surface area (Å²) >= 11 is 0.779. The van der Waals surface area contributed by atoms with Crippen molar-refractivity contribution in [2.45, 2.75) is 0 Å². The summed E-state index contributed by atoms with van der Waals surface area (Å²) in [5.74, 6) is -0.144. The zero-order chi connectivity index (χ0) is 46.1. The summed E-state index contributed by atoms with van der Waals surface area (Å²) in [7, 11) is 0. The van der Waals surface area contributed by atoms with Crippen LogP contribution in [0, 0.1) is 0 Å². The van der Waals surface area contributed by atoms with Gasteiger partial charge in [-0.05, 0) is 70.7 Å². The van der Waals surface area contributed by atoms with E-state index in [-0.39, 0.29) is 37.6 Å². The first kappa shape index (κ1) is 17.3. The zero-order valence-electron chi connectivity index (χ0n) is 40.6. The molecule has 0 aliphatic heterocycles. The lowest BCUT2D eigenvalue weighted by atomic mass is 9.95.